The van der Waals surface area contributed by atoms with Crippen LogP contribution in [0.3, 0.4) is 0 Å². The van der Waals surface area contributed by atoms with Crippen molar-refractivity contribution in [1.29, 1.82) is 0 Å². The summed E-state index contributed by atoms with van der Waals surface area (Å²) < 4.78 is 0. The fourth-order valence-corrected chi connectivity index (χ4v) is 2.76. The van der Waals surface area contributed by atoms with Crippen molar-refractivity contribution in [3.63, 3.8) is 0 Å². The molecule has 1 aromatic carbocycles. The number of anilines is 1. The first-order chi connectivity index (χ1) is 9.66. The van der Waals surface area contributed by atoms with Crippen LogP contribution in [0, 0.1) is 5.92 Å². The van der Waals surface area contributed by atoms with Gasteiger partial charge < -0.3 is 5.32 Å². The molecule has 0 unspecified atom stereocenters. The number of hydrogen-bond acceptors (Lipinski definition) is 3. The highest BCUT2D eigenvalue weighted by Gasteiger charge is 2.23. The Morgan fingerprint density at radius 2 is 1.80 bits per heavy atom. The van der Waals surface area contributed by atoms with Crippen molar-refractivity contribution in [3.05, 3.63) is 38.9 Å². The first-order valence-corrected chi connectivity index (χ1v) is 6.71. The molecule has 1 amide bonds. The first-order valence-electron chi connectivity index (χ1n) is 6.71. The number of aromatic nitrogens is 2. The molecule has 0 bridgehead atoms. The van der Waals surface area contributed by atoms with Crippen molar-refractivity contribution < 1.29 is 4.79 Å². The van der Waals surface area contributed by atoms with Gasteiger partial charge in [0.25, 0.3) is 11.1 Å². The second-order valence-corrected chi connectivity index (χ2v) is 5.11. The molecule has 1 saturated carbocycles. The van der Waals surface area contributed by atoms with Crippen molar-refractivity contribution in [2.45, 2.75) is 25.7 Å². The lowest BCUT2D eigenvalue weighted by molar-refractivity contribution is -0.119. The summed E-state index contributed by atoms with van der Waals surface area (Å²) >= 11 is 0. The molecular weight excluding hydrogens is 258 g/mol. The fourth-order valence-electron chi connectivity index (χ4n) is 2.76. The summed E-state index contributed by atoms with van der Waals surface area (Å²) in [5, 5.41) is 7.84. The SMILES string of the molecule is O=C(Nc1cccc2c(=O)[nH][nH]c(=O)c12)C1CCCC1. The number of carbonyl (C=O) groups is 1. The Morgan fingerprint density at radius 1 is 1.10 bits per heavy atom. The molecular formula is C14H15N3O3. The highest BCUT2D eigenvalue weighted by atomic mass is 16.2. The van der Waals surface area contributed by atoms with Crippen LogP contribution in [0.4, 0.5) is 5.69 Å². The zero-order valence-electron chi connectivity index (χ0n) is 10.9. The molecule has 6 heteroatoms. The molecule has 104 valence electrons. The quantitative estimate of drug-likeness (QED) is 0.770. The third-order valence-corrected chi connectivity index (χ3v) is 3.81. The Hall–Kier alpha value is -2.37. The van der Waals surface area contributed by atoms with Gasteiger partial charge in [-0.1, -0.05) is 18.9 Å². The van der Waals surface area contributed by atoms with Crippen LogP contribution in [0.25, 0.3) is 10.8 Å². The van der Waals surface area contributed by atoms with Crippen LogP contribution in [-0.4, -0.2) is 16.1 Å². The van der Waals surface area contributed by atoms with Gasteiger partial charge in [-0.15, -0.1) is 0 Å². The lowest BCUT2D eigenvalue weighted by atomic mass is 10.1. The number of H-pyrrole nitrogens is 2. The Balaban J connectivity index is 2.03. The standard InChI is InChI=1S/C14H15N3O3/c18-12(8-4-1-2-5-8)15-10-7-3-6-9-11(10)14(20)17-16-13(9)19/h3,6-8H,1-2,4-5H2,(H,15,18)(H,16,19)(H,17,20). The molecule has 1 fully saturated rings. The average Bonchev–Trinajstić information content (AvgIpc) is 2.97. The minimum Gasteiger partial charge on any atom is -0.325 e. The van der Waals surface area contributed by atoms with Gasteiger partial charge in [0, 0.05) is 5.92 Å². The fraction of sp³-hybridized carbons (Fsp3) is 0.357. The van der Waals surface area contributed by atoms with E-state index in [-0.39, 0.29) is 28.2 Å². The molecule has 3 N–H and O–H groups in total. The highest BCUT2D eigenvalue weighted by Crippen LogP contribution is 2.26. The minimum absolute atomic E-state index is 0.00587. The van der Waals surface area contributed by atoms with Crippen LogP contribution in [-0.2, 0) is 4.79 Å². The van der Waals surface area contributed by atoms with Gasteiger partial charge in [-0.3, -0.25) is 24.6 Å². The van der Waals surface area contributed by atoms with Gasteiger partial charge in [-0.05, 0) is 25.0 Å². The van der Waals surface area contributed by atoms with Gasteiger partial charge in [-0.25, -0.2) is 0 Å². The molecule has 0 spiro atoms. The van der Waals surface area contributed by atoms with Crippen molar-refractivity contribution in [2.24, 2.45) is 5.92 Å². The molecule has 0 saturated heterocycles. The topological polar surface area (TPSA) is 94.8 Å². The monoisotopic (exact) mass is 273 g/mol. The lowest BCUT2D eigenvalue weighted by Crippen LogP contribution is -2.24. The molecule has 20 heavy (non-hydrogen) atoms. The lowest BCUT2D eigenvalue weighted by Gasteiger charge is -2.11. The third kappa shape index (κ3) is 2.13. The van der Waals surface area contributed by atoms with Crippen molar-refractivity contribution in [3.8, 4) is 0 Å². The second kappa shape index (κ2) is 4.96. The predicted molar refractivity (Wildman–Crippen MR) is 75.8 cm³/mol. The van der Waals surface area contributed by atoms with Crippen molar-refractivity contribution in [2.75, 3.05) is 5.32 Å². The summed E-state index contributed by atoms with van der Waals surface area (Å²) in [6.07, 6.45) is 3.89. The van der Waals surface area contributed by atoms with E-state index in [0.29, 0.717) is 5.69 Å². The van der Waals surface area contributed by atoms with Crippen molar-refractivity contribution >= 4 is 22.4 Å². The normalized spacial score (nSPS) is 15.6. The number of fused-ring (bicyclic) bond motifs is 1. The summed E-state index contributed by atoms with van der Waals surface area (Å²) in [6.45, 7) is 0. The maximum Gasteiger partial charge on any atom is 0.272 e. The van der Waals surface area contributed by atoms with E-state index in [1.807, 2.05) is 0 Å². The molecule has 1 aliphatic rings. The molecule has 1 heterocycles. The van der Waals surface area contributed by atoms with Crippen LogP contribution < -0.4 is 16.4 Å². The van der Waals surface area contributed by atoms with E-state index in [0.717, 1.165) is 25.7 Å². The summed E-state index contributed by atoms with van der Waals surface area (Å²) in [4.78, 5) is 35.7. The minimum atomic E-state index is -0.415. The largest absolute Gasteiger partial charge is 0.325 e. The summed E-state index contributed by atoms with van der Waals surface area (Å²) in [7, 11) is 0. The number of benzene rings is 1. The smallest absolute Gasteiger partial charge is 0.272 e. The van der Waals surface area contributed by atoms with E-state index in [4.69, 9.17) is 0 Å². The molecule has 0 atom stereocenters. The Bertz CT molecular complexity index is 769. The van der Waals surface area contributed by atoms with Gasteiger partial charge in [-0.2, -0.15) is 0 Å². The molecule has 0 aliphatic heterocycles. The van der Waals surface area contributed by atoms with Crippen LogP contribution >= 0.6 is 0 Å². The number of carbonyl (C=O) groups excluding carboxylic acids is 1. The number of nitrogens with one attached hydrogen (secondary N) is 3. The summed E-state index contributed by atoms with van der Waals surface area (Å²) in [6, 6.07) is 4.86. The maximum atomic E-state index is 12.1. The van der Waals surface area contributed by atoms with Gasteiger partial charge >= 0.3 is 0 Å². The maximum absolute atomic E-state index is 12.1. The second-order valence-electron chi connectivity index (χ2n) is 5.11. The highest BCUT2D eigenvalue weighted by molar-refractivity contribution is 6.02. The molecule has 6 nitrogen and oxygen atoms in total. The molecule has 1 aliphatic carbocycles. The Morgan fingerprint density at radius 3 is 2.55 bits per heavy atom. The Labute approximate surface area is 114 Å². The first kappa shape index (κ1) is 12.7. The third-order valence-electron chi connectivity index (χ3n) is 3.81. The Kier molecular flexibility index (Phi) is 3.14. The van der Waals surface area contributed by atoms with E-state index in [9.17, 15) is 14.4 Å². The van der Waals surface area contributed by atoms with Crippen LogP contribution in [0.15, 0.2) is 27.8 Å². The van der Waals surface area contributed by atoms with Gasteiger partial charge in [0.15, 0.2) is 0 Å². The number of aromatic amines is 2. The van der Waals surface area contributed by atoms with Gasteiger partial charge in [0.05, 0.1) is 16.5 Å². The summed E-state index contributed by atoms with van der Waals surface area (Å²) in [5.74, 6) is -0.0685. The molecule has 3 rings (SSSR count). The molecule has 2 aromatic rings. The van der Waals surface area contributed by atoms with Gasteiger partial charge in [0.2, 0.25) is 5.91 Å². The van der Waals surface area contributed by atoms with E-state index in [1.54, 1.807) is 18.2 Å². The summed E-state index contributed by atoms with van der Waals surface area (Å²) in [5.41, 5.74) is -0.398. The van der Waals surface area contributed by atoms with E-state index < -0.39 is 5.56 Å². The number of rotatable bonds is 2. The van der Waals surface area contributed by atoms with Crippen LogP contribution in [0.1, 0.15) is 25.7 Å². The number of hydrogen-bond donors (Lipinski definition) is 3. The predicted octanol–water partition coefficient (Wildman–Crippen LogP) is 1.35. The van der Waals surface area contributed by atoms with E-state index in [1.165, 1.54) is 0 Å². The van der Waals surface area contributed by atoms with Crippen molar-refractivity contribution in [1.82, 2.24) is 10.2 Å². The molecule has 0 radical (unpaired) electrons. The van der Waals surface area contributed by atoms with E-state index in [2.05, 4.69) is 15.5 Å². The zero-order valence-corrected chi connectivity index (χ0v) is 10.9. The number of amides is 1. The molecule has 1 aromatic heterocycles. The van der Waals surface area contributed by atoms with Gasteiger partial charge in [0.1, 0.15) is 0 Å². The van der Waals surface area contributed by atoms with Crippen LogP contribution in [0.5, 0.6) is 0 Å². The van der Waals surface area contributed by atoms with E-state index >= 15 is 0 Å². The average molecular weight is 273 g/mol. The van der Waals surface area contributed by atoms with Crippen LogP contribution in [0.2, 0.25) is 0 Å². The zero-order chi connectivity index (χ0) is 14.1.